The molecule has 0 aliphatic carbocycles. The van der Waals surface area contributed by atoms with Crippen molar-refractivity contribution in [2.24, 2.45) is 0 Å². The summed E-state index contributed by atoms with van der Waals surface area (Å²) in [6, 6.07) is 9.14. The van der Waals surface area contributed by atoms with Crippen molar-refractivity contribution < 1.29 is 4.39 Å². The van der Waals surface area contributed by atoms with Crippen LogP contribution in [-0.2, 0) is 0 Å². The van der Waals surface area contributed by atoms with E-state index in [0.717, 1.165) is 0 Å². The first-order chi connectivity index (χ1) is 8.93. The molecule has 0 heterocycles. The van der Waals surface area contributed by atoms with Crippen LogP contribution < -0.4 is 0 Å². The smallest absolute Gasteiger partial charge is 0.127 e. The van der Waals surface area contributed by atoms with Crippen LogP contribution >= 0.6 is 15.9 Å². The maximum Gasteiger partial charge on any atom is 0.127 e. The molecule has 0 radical (unpaired) electrons. The number of aryl methyl sites for hydroxylation is 2. The highest BCUT2D eigenvalue weighted by molar-refractivity contribution is 9.09. The third-order valence-electron chi connectivity index (χ3n) is 3.86. The Labute approximate surface area is 122 Å². The Morgan fingerprint density at radius 3 is 2.00 bits per heavy atom. The molecule has 0 fully saturated rings. The second-order valence-electron chi connectivity index (χ2n) is 5.06. The van der Waals surface area contributed by atoms with Gasteiger partial charge in [0.1, 0.15) is 5.82 Å². The zero-order chi connectivity index (χ0) is 14.2. The number of benzene rings is 2. The van der Waals surface area contributed by atoms with Crippen molar-refractivity contribution in [3.8, 4) is 0 Å². The van der Waals surface area contributed by atoms with E-state index in [2.05, 4.69) is 49.7 Å². The van der Waals surface area contributed by atoms with E-state index in [1.54, 1.807) is 6.07 Å². The summed E-state index contributed by atoms with van der Waals surface area (Å²) >= 11 is 3.67. The number of rotatable bonds is 2. The second kappa shape index (κ2) is 5.46. The first-order valence-electron chi connectivity index (χ1n) is 6.39. The number of hydrogen-bond acceptors (Lipinski definition) is 0. The van der Waals surface area contributed by atoms with Gasteiger partial charge in [0.2, 0.25) is 0 Å². The van der Waals surface area contributed by atoms with Crippen LogP contribution in [0.2, 0.25) is 0 Å². The van der Waals surface area contributed by atoms with E-state index >= 15 is 0 Å². The van der Waals surface area contributed by atoms with Gasteiger partial charge >= 0.3 is 0 Å². The Morgan fingerprint density at radius 1 is 0.947 bits per heavy atom. The summed E-state index contributed by atoms with van der Waals surface area (Å²) < 4.78 is 14.0. The molecule has 1 unspecified atom stereocenters. The predicted molar refractivity (Wildman–Crippen MR) is 82.6 cm³/mol. The number of halogens is 2. The van der Waals surface area contributed by atoms with Gasteiger partial charge in [0.05, 0.1) is 4.83 Å². The molecule has 0 amide bonds. The summed E-state index contributed by atoms with van der Waals surface area (Å²) in [5.74, 6) is -0.165. The minimum absolute atomic E-state index is 0.104. The number of alkyl halides is 1. The van der Waals surface area contributed by atoms with Gasteiger partial charge in [-0.3, -0.25) is 0 Å². The summed E-state index contributed by atoms with van der Waals surface area (Å²) in [6.45, 7) is 8.41. The molecule has 1 atom stereocenters. The lowest BCUT2D eigenvalue weighted by molar-refractivity contribution is 0.613. The standard InChI is InChI=1S/C17H18BrF/c1-10-9-11(2)13(4)16(12(10)3)17(18)14-7-5-6-8-15(14)19/h5-9,17H,1-4H3. The highest BCUT2D eigenvalue weighted by Crippen LogP contribution is 2.38. The van der Waals surface area contributed by atoms with E-state index in [1.165, 1.54) is 33.9 Å². The van der Waals surface area contributed by atoms with Crippen LogP contribution in [0.5, 0.6) is 0 Å². The van der Waals surface area contributed by atoms with E-state index in [1.807, 2.05) is 12.1 Å². The van der Waals surface area contributed by atoms with Gasteiger partial charge in [-0.05, 0) is 61.6 Å². The van der Waals surface area contributed by atoms with Crippen LogP contribution in [0.15, 0.2) is 30.3 Å². The molecule has 0 saturated carbocycles. The van der Waals surface area contributed by atoms with E-state index in [9.17, 15) is 4.39 Å². The van der Waals surface area contributed by atoms with Crippen molar-refractivity contribution in [1.82, 2.24) is 0 Å². The topological polar surface area (TPSA) is 0 Å². The first kappa shape index (κ1) is 14.3. The van der Waals surface area contributed by atoms with Gasteiger partial charge in [-0.25, -0.2) is 4.39 Å². The lowest BCUT2D eigenvalue weighted by Crippen LogP contribution is -2.04. The molecule has 19 heavy (non-hydrogen) atoms. The average molecular weight is 321 g/mol. The molecular weight excluding hydrogens is 303 g/mol. The SMILES string of the molecule is Cc1cc(C)c(C)c(C(Br)c2ccccc2F)c1C. The Balaban J connectivity index is 2.63. The molecule has 0 N–H and O–H groups in total. The summed E-state index contributed by atoms with van der Waals surface area (Å²) in [5.41, 5.74) is 6.83. The second-order valence-corrected chi connectivity index (χ2v) is 5.97. The summed E-state index contributed by atoms with van der Waals surface area (Å²) in [4.78, 5) is -0.104. The van der Waals surface area contributed by atoms with Crippen molar-refractivity contribution in [1.29, 1.82) is 0 Å². The minimum Gasteiger partial charge on any atom is -0.207 e. The maximum atomic E-state index is 14.0. The molecule has 2 aromatic carbocycles. The lowest BCUT2D eigenvalue weighted by Gasteiger charge is -2.20. The van der Waals surface area contributed by atoms with Crippen molar-refractivity contribution in [3.63, 3.8) is 0 Å². The van der Waals surface area contributed by atoms with Crippen LogP contribution in [0.3, 0.4) is 0 Å². The van der Waals surface area contributed by atoms with Crippen LogP contribution in [0.4, 0.5) is 4.39 Å². The third-order valence-corrected chi connectivity index (χ3v) is 4.81. The predicted octanol–water partition coefficient (Wildman–Crippen LogP) is 5.54. The van der Waals surface area contributed by atoms with Crippen molar-refractivity contribution in [3.05, 3.63) is 69.5 Å². The molecule has 2 aromatic rings. The van der Waals surface area contributed by atoms with Crippen LogP contribution in [0, 0.1) is 33.5 Å². The highest BCUT2D eigenvalue weighted by atomic mass is 79.9. The highest BCUT2D eigenvalue weighted by Gasteiger charge is 2.20. The van der Waals surface area contributed by atoms with E-state index in [0.29, 0.717) is 5.56 Å². The molecule has 100 valence electrons. The molecule has 0 aliphatic rings. The fraction of sp³-hybridized carbons (Fsp3) is 0.294. The lowest BCUT2D eigenvalue weighted by atomic mass is 9.90. The third kappa shape index (κ3) is 2.59. The monoisotopic (exact) mass is 320 g/mol. The van der Waals surface area contributed by atoms with Gasteiger partial charge in [0.15, 0.2) is 0 Å². The normalized spacial score (nSPS) is 12.5. The minimum atomic E-state index is -0.165. The molecule has 0 bridgehead atoms. The number of hydrogen-bond donors (Lipinski definition) is 0. The Morgan fingerprint density at radius 2 is 1.47 bits per heavy atom. The van der Waals surface area contributed by atoms with Crippen LogP contribution in [-0.4, -0.2) is 0 Å². The van der Waals surface area contributed by atoms with Gasteiger partial charge < -0.3 is 0 Å². The van der Waals surface area contributed by atoms with Gasteiger partial charge in [-0.1, -0.05) is 40.2 Å². The van der Waals surface area contributed by atoms with E-state index in [-0.39, 0.29) is 10.6 Å². The van der Waals surface area contributed by atoms with Gasteiger partial charge in [-0.15, -0.1) is 0 Å². The molecule has 0 aliphatic heterocycles. The van der Waals surface area contributed by atoms with Gasteiger partial charge in [0.25, 0.3) is 0 Å². The van der Waals surface area contributed by atoms with Gasteiger partial charge in [0, 0.05) is 5.56 Å². The Kier molecular flexibility index (Phi) is 4.10. The van der Waals surface area contributed by atoms with Crippen LogP contribution in [0.25, 0.3) is 0 Å². The van der Waals surface area contributed by atoms with E-state index < -0.39 is 0 Å². The summed E-state index contributed by atoms with van der Waals surface area (Å²) in [6.07, 6.45) is 0. The molecule has 2 heteroatoms. The molecule has 0 nitrogen and oxygen atoms in total. The Bertz CT molecular complexity index is 591. The van der Waals surface area contributed by atoms with Crippen molar-refractivity contribution >= 4 is 15.9 Å². The summed E-state index contributed by atoms with van der Waals surface area (Å²) in [7, 11) is 0. The van der Waals surface area contributed by atoms with E-state index in [4.69, 9.17) is 0 Å². The molecule has 0 aromatic heterocycles. The maximum absolute atomic E-state index is 14.0. The molecular formula is C17H18BrF. The average Bonchev–Trinajstić information content (AvgIpc) is 2.37. The molecule has 0 saturated heterocycles. The fourth-order valence-corrected chi connectivity index (χ4v) is 3.52. The van der Waals surface area contributed by atoms with Crippen LogP contribution in [0.1, 0.15) is 38.2 Å². The summed E-state index contributed by atoms with van der Waals surface area (Å²) in [5, 5.41) is 0. The zero-order valence-electron chi connectivity index (χ0n) is 11.7. The molecule has 2 rings (SSSR count). The Hall–Kier alpha value is -1.15. The fourth-order valence-electron chi connectivity index (χ4n) is 2.46. The van der Waals surface area contributed by atoms with Crippen molar-refractivity contribution in [2.45, 2.75) is 32.5 Å². The zero-order valence-corrected chi connectivity index (χ0v) is 13.3. The van der Waals surface area contributed by atoms with Gasteiger partial charge in [-0.2, -0.15) is 0 Å². The first-order valence-corrected chi connectivity index (χ1v) is 7.30. The van der Waals surface area contributed by atoms with Crippen molar-refractivity contribution in [2.75, 3.05) is 0 Å². The quantitative estimate of drug-likeness (QED) is 0.637. The molecule has 0 spiro atoms. The largest absolute Gasteiger partial charge is 0.207 e.